The molecule has 73 valence electrons. The van der Waals surface area contributed by atoms with E-state index in [-0.39, 0.29) is 6.03 Å². The maximum Gasteiger partial charge on any atom is 0.339 e. The van der Waals surface area contributed by atoms with Crippen LogP contribution >= 0.6 is 0 Å². The van der Waals surface area contributed by atoms with Crippen LogP contribution in [0.4, 0.5) is 4.79 Å². The molecule has 0 N–H and O–H groups in total. The molecule has 1 aliphatic heterocycles. The Morgan fingerprint density at radius 1 is 1.29 bits per heavy atom. The van der Waals surface area contributed by atoms with Crippen molar-refractivity contribution in [3.8, 4) is 0 Å². The van der Waals surface area contributed by atoms with Gasteiger partial charge in [0.15, 0.2) is 0 Å². The molecule has 1 radical (unpaired) electrons. The molecule has 0 saturated carbocycles. The molecule has 1 aliphatic rings. The predicted molar refractivity (Wildman–Crippen MR) is 53.9 cm³/mol. The molecule has 0 bridgehead atoms. The maximum atomic E-state index is 11.4. The summed E-state index contributed by atoms with van der Waals surface area (Å²) in [5.74, 6) is 0. The third kappa shape index (κ3) is 2.05. The monoisotopic (exact) mass is 189 g/mol. The smallest absolute Gasteiger partial charge is 0.319 e. The van der Waals surface area contributed by atoms with Crippen molar-refractivity contribution in [3.63, 3.8) is 0 Å². The molecule has 0 aromatic heterocycles. The van der Waals surface area contributed by atoms with Gasteiger partial charge < -0.3 is 4.90 Å². The van der Waals surface area contributed by atoms with Crippen LogP contribution in [-0.2, 0) is 6.54 Å². The highest BCUT2D eigenvalue weighted by Crippen LogP contribution is 2.08. The number of amides is 2. The average molecular weight is 189 g/mol. The number of urea groups is 1. The van der Waals surface area contributed by atoms with Gasteiger partial charge in [0.25, 0.3) is 0 Å². The predicted octanol–water partition coefficient (Wildman–Crippen LogP) is 1.62. The van der Waals surface area contributed by atoms with Crippen molar-refractivity contribution in [1.29, 1.82) is 0 Å². The quantitative estimate of drug-likeness (QED) is 0.696. The van der Waals surface area contributed by atoms with Gasteiger partial charge in [0.05, 0.1) is 0 Å². The summed E-state index contributed by atoms with van der Waals surface area (Å²) >= 11 is 0. The van der Waals surface area contributed by atoms with E-state index in [0.717, 1.165) is 18.5 Å². The van der Waals surface area contributed by atoms with Crippen LogP contribution in [0.25, 0.3) is 0 Å². The Morgan fingerprint density at radius 2 is 2.07 bits per heavy atom. The van der Waals surface area contributed by atoms with Crippen molar-refractivity contribution in [2.45, 2.75) is 13.0 Å². The number of carbonyl (C=O) groups is 1. The summed E-state index contributed by atoms with van der Waals surface area (Å²) in [6, 6.07) is 9.94. The highest BCUT2D eigenvalue weighted by Gasteiger charge is 2.18. The standard InChI is InChI=1S/C11H13N2O/c14-11-12-7-4-8-13(11)9-10-5-2-1-3-6-10/h1-3,5-6H,4,7-9H2. The Morgan fingerprint density at radius 3 is 2.79 bits per heavy atom. The Hall–Kier alpha value is -1.51. The molecule has 2 rings (SSSR count). The molecule has 0 spiro atoms. The van der Waals surface area contributed by atoms with Gasteiger partial charge in [-0.1, -0.05) is 30.3 Å². The van der Waals surface area contributed by atoms with Crippen molar-refractivity contribution in [3.05, 3.63) is 35.9 Å². The molecule has 0 atom stereocenters. The Labute approximate surface area is 83.7 Å². The molecular formula is C11H13N2O. The molecule has 1 aromatic rings. The average Bonchev–Trinajstić information content (AvgIpc) is 2.23. The first-order valence-corrected chi connectivity index (χ1v) is 4.86. The van der Waals surface area contributed by atoms with E-state index in [1.54, 1.807) is 4.90 Å². The third-order valence-corrected chi connectivity index (χ3v) is 2.32. The molecule has 1 fully saturated rings. The number of benzene rings is 1. The summed E-state index contributed by atoms with van der Waals surface area (Å²) in [7, 11) is 0. The minimum absolute atomic E-state index is 0.0693. The number of nitrogens with zero attached hydrogens (tertiary/aromatic N) is 2. The van der Waals surface area contributed by atoms with E-state index >= 15 is 0 Å². The molecule has 3 heteroatoms. The van der Waals surface area contributed by atoms with Gasteiger partial charge in [-0.05, 0) is 12.0 Å². The summed E-state index contributed by atoms with van der Waals surface area (Å²) in [5.41, 5.74) is 1.16. The van der Waals surface area contributed by atoms with Crippen LogP contribution in [0.1, 0.15) is 12.0 Å². The summed E-state index contributed by atoms with van der Waals surface area (Å²) in [6.45, 7) is 2.20. The van der Waals surface area contributed by atoms with Crippen LogP contribution in [0.3, 0.4) is 0 Å². The number of hydrogen-bond donors (Lipinski definition) is 0. The minimum Gasteiger partial charge on any atom is -0.319 e. The second-order valence-corrected chi connectivity index (χ2v) is 3.43. The number of carbonyl (C=O) groups excluding carboxylic acids is 1. The molecule has 14 heavy (non-hydrogen) atoms. The SMILES string of the molecule is O=C1[N]CCCN1Cc1ccccc1. The van der Waals surface area contributed by atoms with Crippen LogP contribution in [0.2, 0.25) is 0 Å². The molecule has 0 unspecified atom stereocenters. The molecule has 1 aromatic carbocycles. The fraction of sp³-hybridized carbons (Fsp3) is 0.364. The van der Waals surface area contributed by atoms with Crippen LogP contribution < -0.4 is 5.32 Å². The van der Waals surface area contributed by atoms with Gasteiger partial charge in [0.2, 0.25) is 0 Å². The van der Waals surface area contributed by atoms with E-state index in [2.05, 4.69) is 5.32 Å². The van der Waals surface area contributed by atoms with E-state index in [4.69, 9.17) is 0 Å². The van der Waals surface area contributed by atoms with Gasteiger partial charge in [0, 0.05) is 19.6 Å². The van der Waals surface area contributed by atoms with Gasteiger partial charge in [-0.25, -0.2) is 10.1 Å². The first-order chi connectivity index (χ1) is 6.86. The molecule has 3 nitrogen and oxygen atoms in total. The normalized spacial score (nSPS) is 16.6. The number of rotatable bonds is 2. The lowest BCUT2D eigenvalue weighted by atomic mass is 10.2. The first kappa shape index (κ1) is 9.06. The lowest BCUT2D eigenvalue weighted by Crippen LogP contribution is -2.41. The van der Waals surface area contributed by atoms with E-state index in [0.29, 0.717) is 13.1 Å². The van der Waals surface area contributed by atoms with E-state index < -0.39 is 0 Å². The minimum atomic E-state index is -0.0693. The van der Waals surface area contributed by atoms with E-state index in [1.165, 1.54) is 0 Å². The van der Waals surface area contributed by atoms with Crippen LogP contribution in [0.15, 0.2) is 30.3 Å². The topological polar surface area (TPSA) is 34.4 Å². The number of hydrogen-bond acceptors (Lipinski definition) is 1. The Balaban J connectivity index is 2.00. The summed E-state index contributed by atoms with van der Waals surface area (Å²) in [6.07, 6.45) is 0.985. The van der Waals surface area contributed by atoms with E-state index in [9.17, 15) is 4.79 Å². The van der Waals surface area contributed by atoms with Gasteiger partial charge in [-0.2, -0.15) is 0 Å². The molecule has 0 aliphatic carbocycles. The van der Waals surface area contributed by atoms with Gasteiger partial charge >= 0.3 is 6.03 Å². The van der Waals surface area contributed by atoms with Gasteiger partial charge in [-0.3, -0.25) is 0 Å². The second-order valence-electron chi connectivity index (χ2n) is 3.43. The maximum absolute atomic E-state index is 11.4. The second kappa shape index (κ2) is 4.13. The fourth-order valence-electron chi connectivity index (χ4n) is 1.58. The van der Waals surface area contributed by atoms with Gasteiger partial charge in [-0.15, -0.1) is 0 Å². The molecule has 1 heterocycles. The third-order valence-electron chi connectivity index (χ3n) is 2.32. The molecule has 1 saturated heterocycles. The highest BCUT2D eigenvalue weighted by molar-refractivity contribution is 5.74. The van der Waals surface area contributed by atoms with Crippen molar-refractivity contribution in [1.82, 2.24) is 10.2 Å². The first-order valence-electron chi connectivity index (χ1n) is 4.86. The van der Waals surface area contributed by atoms with Crippen LogP contribution in [0.5, 0.6) is 0 Å². The Bertz CT molecular complexity index is 310. The lowest BCUT2D eigenvalue weighted by Gasteiger charge is -2.25. The molecular weight excluding hydrogens is 176 g/mol. The van der Waals surface area contributed by atoms with Crippen molar-refractivity contribution in [2.75, 3.05) is 13.1 Å². The van der Waals surface area contributed by atoms with Crippen molar-refractivity contribution >= 4 is 6.03 Å². The fourth-order valence-corrected chi connectivity index (χ4v) is 1.58. The zero-order valence-electron chi connectivity index (χ0n) is 8.02. The summed E-state index contributed by atoms with van der Waals surface area (Å²) in [5, 5.41) is 3.89. The van der Waals surface area contributed by atoms with Gasteiger partial charge in [0.1, 0.15) is 0 Å². The van der Waals surface area contributed by atoms with E-state index in [1.807, 2.05) is 30.3 Å². The molecule has 2 amide bonds. The van der Waals surface area contributed by atoms with Crippen LogP contribution in [0, 0.1) is 0 Å². The zero-order valence-corrected chi connectivity index (χ0v) is 8.02. The zero-order chi connectivity index (χ0) is 9.80. The van der Waals surface area contributed by atoms with Crippen molar-refractivity contribution in [2.24, 2.45) is 0 Å². The Kier molecular flexibility index (Phi) is 2.68. The lowest BCUT2D eigenvalue weighted by molar-refractivity contribution is 0.182. The summed E-state index contributed by atoms with van der Waals surface area (Å²) in [4.78, 5) is 13.1. The van der Waals surface area contributed by atoms with Crippen molar-refractivity contribution < 1.29 is 4.79 Å². The largest absolute Gasteiger partial charge is 0.339 e. The van der Waals surface area contributed by atoms with Crippen LogP contribution in [-0.4, -0.2) is 24.0 Å². The highest BCUT2D eigenvalue weighted by atomic mass is 16.2. The summed E-state index contributed by atoms with van der Waals surface area (Å²) < 4.78 is 0.